The molecule has 0 aromatic heterocycles. The van der Waals surface area contributed by atoms with Crippen molar-refractivity contribution in [2.45, 2.75) is 31.6 Å². The Morgan fingerprint density at radius 3 is 2.38 bits per heavy atom. The molecule has 0 saturated heterocycles. The second-order valence-corrected chi connectivity index (χ2v) is 8.37. The predicted molar refractivity (Wildman–Crippen MR) is 112 cm³/mol. The molecule has 8 heteroatoms. The quantitative estimate of drug-likeness (QED) is 0.532. The van der Waals surface area contributed by atoms with Crippen molar-refractivity contribution in [2.75, 3.05) is 11.9 Å². The van der Waals surface area contributed by atoms with Crippen LogP contribution in [-0.4, -0.2) is 26.9 Å². The molecule has 0 fully saturated rings. The normalized spacial score (nSPS) is 11.6. The van der Waals surface area contributed by atoms with Crippen LogP contribution >= 0.6 is 0 Å². The highest BCUT2D eigenvalue weighted by molar-refractivity contribution is 7.89. The van der Waals surface area contributed by atoms with Crippen LogP contribution in [0.3, 0.4) is 0 Å². The van der Waals surface area contributed by atoms with Gasteiger partial charge in [0.05, 0.1) is 4.90 Å². The van der Waals surface area contributed by atoms with Crippen molar-refractivity contribution in [1.82, 2.24) is 0 Å². The van der Waals surface area contributed by atoms with Crippen molar-refractivity contribution in [1.29, 1.82) is 0 Å². The summed E-state index contributed by atoms with van der Waals surface area (Å²) >= 11 is 0. The van der Waals surface area contributed by atoms with Gasteiger partial charge in [-0.1, -0.05) is 44.2 Å². The van der Waals surface area contributed by atoms with Crippen LogP contribution in [0.1, 0.15) is 36.5 Å². The van der Waals surface area contributed by atoms with Crippen LogP contribution in [0.5, 0.6) is 0 Å². The molecule has 154 valence electrons. The lowest BCUT2D eigenvalue weighted by molar-refractivity contribution is -0.142. The summed E-state index contributed by atoms with van der Waals surface area (Å²) in [5.74, 6) is -0.842. The van der Waals surface area contributed by atoms with E-state index in [1.807, 2.05) is 24.3 Å². The molecule has 1 amide bonds. The summed E-state index contributed by atoms with van der Waals surface area (Å²) < 4.78 is 28.0. The molecule has 29 heavy (non-hydrogen) atoms. The van der Waals surface area contributed by atoms with Gasteiger partial charge >= 0.3 is 5.97 Å². The number of carbonyl (C=O) groups excluding carboxylic acids is 2. The Labute approximate surface area is 170 Å². The summed E-state index contributed by atoms with van der Waals surface area (Å²) in [7, 11) is -3.90. The minimum Gasteiger partial charge on any atom is -0.452 e. The van der Waals surface area contributed by atoms with Crippen molar-refractivity contribution in [3.63, 3.8) is 0 Å². The molecular weight excluding hydrogens is 392 g/mol. The third kappa shape index (κ3) is 6.85. The Bertz CT molecular complexity index is 1030. The fourth-order valence-electron chi connectivity index (χ4n) is 2.52. The molecule has 0 aliphatic heterocycles. The van der Waals surface area contributed by atoms with Gasteiger partial charge in [0, 0.05) is 11.8 Å². The molecule has 0 aliphatic carbocycles. The van der Waals surface area contributed by atoms with Crippen LogP contribution in [0.4, 0.5) is 5.69 Å². The number of sulfonamides is 1. The summed E-state index contributed by atoms with van der Waals surface area (Å²) in [4.78, 5) is 23.7. The van der Waals surface area contributed by atoms with Gasteiger partial charge in [0.2, 0.25) is 10.0 Å². The molecule has 3 N–H and O–H groups in total. The van der Waals surface area contributed by atoms with Gasteiger partial charge in [-0.3, -0.25) is 4.79 Å². The number of anilines is 1. The number of esters is 1. The number of hydrogen-bond acceptors (Lipinski definition) is 5. The monoisotopic (exact) mass is 416 g/mol. The predicted octanol–water partition coefficient (Wildman–Crippen LogP) is 2.96. The van der Waals surface area contributed by atoms with E-state index >= 15 is 0 Å². The Balaban J connectivity index is 1.89. The third-order valence-electron chi connectivity index (χ3n) is 4.14. The lowest BCUT2D eigenvalue weighted by atomic mass is 10.0. The number of nitrogens with two attached hydrogens (primary N) is 1. The first-order valence-electron chi connectivity index (χ1n) is 8.94. The highest BCUT2D eigenvalue weighted by Gasteiger charge is 2.13. The first-order chi connectivity index (χ1) is 13.6. The third-order valence-corrected chi connectivity index (χ3v) is 5.19. The second-order valence-electron chi connectivity index (χ2n) is 6.84. The van der Waals surface area contributed by atoms with E-state index in [0.29, 0.717) is 11.5 Å². The molecule has 0 bridgehead atoms. The van der Waals surface area contributed by atoms with E-state index in [1.165, 1.54) is 29.8 Å². The van der Waals surface area contributed by atoms with Crippen LogP contribution in [0, 0.1) is 6.92 Å². The number of nitrogens with one attached hydrogen (secondary N) is 1. The number of rotatable bonds is 7. The lowest BCUT2D eigenvalue weighted by Crippen LogP contribution is -2.21. The molecule has 2 aromatic rings. The number of aryl methyl sites for hydroxylation is 1. The lowest BCUT2D eigenvalue weighted by Gasteiger charge is -2.09. The van der Waals surface area contributed by atoms with Gasteiger partial charge in [-0.2, -0.15) is 0 Å². The minimum atomic E-state index is -3.90. The minimum absolute atomic E-state index is 0.0845. The first kappa shape index (κ1) is 22.3. The summed E-state index contributed by atoms with van der Waals surface area (Å²) in [5.41, 5.74) is 2.74. The SMILES string of the molecule is Cc1ccc(NC(=O)COC(=O)/C=C/c2ccc(C(C)C)cc2)cc1S(N)(=O)=O. The van der Waals surface area contributed by atoms with E-state index < -0.39 is 28.5 Å². The van der Waals surface area contributed by atoms with Crippen LogP contribution in [-0.2, 0) is 24.3 Å². The van der Waals surface area contributed by atoms with E-state index in [0.717, 1.165) is 5.56 Å². The van der Waals surface area contributed by atoms with Crippen molar-refractivity contribution >= 4 is 33.7 Å². The summed E-state index contributed by atoms with van der Waals surface area (Å²) in [6.45, 7) is 5.28. The van der Waals surface area contributed by atoms with Gasteiger partial charge in [0.1, 0.15) is 0 Å². The van der Waals surface area contributed by atoms with E-state index in [9.17, 15) is 18.0 Å². The number of benzene rings is 2. The van der Waals surface area contributed by atoms with E-state index in [2.05, 4.69) is 19.2 Å². The van der Waals surface area contributed by atoms with Crippen LogP contribution in [0.25, 0.3) is 6.08 Å². The zero-order chi connectivity index (χ0) is 21.6. The van der Waals surface area contributed by atoms with Crippen molar-refractivity contribution in [3.05, 3.63) is 65.2 Å². The molecule has 7 nitrogen and oxygen atoms in total. The Hall–Kier alpha value is -2.97. The average Bonchev–Trinajstić information content (AvgIpc) is 2.65. The van der Waals surface area contributed by atoms with Crippen LogP contribution in [0.2, 0.25) is 0 Å². The maximum Gasteiger partial charge on any atom is 0.331 e. The van der Waals surface area contributed by atoms with Crippen molar-refractivity contribution < 1.29 is 22.7 Å². The smallest absolute Gasteiger partial charge is 0.331 e. The molecule has 0 atom stereocenters. The standard InChI is InChI=1S/C21H24N2O5S/c1-14(2)17-8-5-16(6-9-17)7-11-21(25)28-13-20(24)23-18-10-4-15(3)19(12-18)29(22,26)27/h4-12,14H,13H2,1-3H3,(H,23,24)(H2,22,26,27)/b11-7+. The van der Waals surface area contributed by atoms with Gasteiger partial charge in [0.25, 0.3) is 5.91 Å². The zero-order valence-electron chi connectivity index (χ0n) is 16.5. The van der Waals surface area contributed by atoms with Gasteiger partial charge in [-0.05, 0) is 47.7 Å². The average molecular weight is 416 g/mol. The van der Waals surface area contributed by atoms with E-state index in [1.54, 1.807) is 13.0 Å². The van der Waals surface area contributed by atoms with Crippen LogP contribution in [0.15, 0.2) is 53.4 Å². The van der Waals surface area contributed by atoms with Gasteiger partial charge in [0.15, 0.2) is 6.61 Å². The Morgan fingerprint density at radius 1 is 1.14 bits per heavy atom. The van der Waals surface area contributed by atoms with Gasteiger partial charge in [-0.15, -0.1) is 0 Å². The Kier molecular flexibility index (Phi) is 7.30. The fourth-order valence-corrected chi connectivity index (χ4v) is 3.33. The van der Waals surface area contributed by atoms with E-state index in [-0.39, 0.29) is 10.6 Å². The first-order valence-corrected chi connectivity index (χ1v) is 10.5. The summed E-state index contributed by atoms with van der Waals surface area (Å²) in [6.07, 6.45) is 2.84. The molecule has 0 heterocycles. The molecule has 2 aromatic carbocycles. The summed E-state index contributed by atoms with van der Waals surface area (Å²) in [5, 5.41) is 7.61. The maximum absolute atomic E-state index is 11.9. The highest BCUT2D eigenvalue weighted by atomic mass is 32.2. The molecule has 0 unspecified atom stereocenters. The fraction of sp³-hybridized carbons (Fsp3) is 0.238. The van der Waals surface area contributed by atoms with Crippen LogP contribution < -0.4 is 10.5 Å². The number of carbonyl (C=O) groups is 2. The largest absolute Gasteiger partial charge is 0.452 e. The molecule has 0 saturated carbocycles. The Morgan fingerprint density at radius 2 is 1.79 bits per heavy atom. The van der Waals surface area contributed by atoms with E-state index in [4.69, 9.17) is 9.88 Å². The summed E-state index contributed by atoms with van der Waals surface area (Å²) in [6, 6.07) is 12.1. The van der Waals surface area contributed by atoms with Crippen molar-refractivity contribution in [2.24, 2.45) is 5.14 Å². The zero-order valence-corrected chi connectivity index (χ0v) is 17.3. The molecule has 0 radical (unpaired) electrons. The number of amides is 1. The number of ether oxygens (including phenoxy) is 1. The van der Waals surface area contributed by atoms with Crippen molar-refractivity contribution in [3.8, 4) is 0 Å². The highest BCUT2D eigenvalue weighted by Crippen LogP contribution is 2.19. The second kappa shape index (κ2) is 9.49. The molecule has 0 spiro atoms. The molecular formula is C21H24N2O5S. The molecule has 0 aliphatic rings. The number of hydrogen-bond donors (Lipinski definition) is 2. The molecule has 2 rings (SSSR count). The number of primary sulfonamides is 1. The maximum atomic E-state index is 11.9. The van der Waals surface area contributed by atoms with Gasteiger partial charge in [-0.25, -0.2) is 18.4 Å². The topological polar surface area (TPSA) is 116 Å². The van der Waals surface area contributed by atoms with Gasteiger partial charge < -0.3 is 10.1 Å².